The molecule has 0 bridgehead atoms. The van der Waals surface area contributed by atoms with Crippen LogP contribution in [0.1, 0.15) is 12.8 Å². The minimum atomic E-state index is -0.667. The molecule has 3 nitrogen and oxygen atoms in total. The molecule has 0 aromatic heterocycles. The van der Waals surface area contributed by atoms with Gasteiger partial charge >= 0.3 is 5.97 Å². The van der Waals surface area contributed by atoms with E-state index in [-0.39, 0.29) is 5.92 Å². The second kappa shape index (κ2) is 4.34. The normalized spacial score (nSPS) is 23.5. The Morgan fingerprint density at radius 1 is 1.40 bits per heavy atom. The molecular weight excluding hydrogens is 192 g/mol. The first-order chi connectivity index (χ1) is 7.27. The molecule has 1 aliphatic carbocycles. The van der Waals surface area contributed by atoms with E-state index in [0.717, 1.165) is 18.6 Å². The van der Waals surface area contributed by atoms with Gasteiger partial charge < -0.3 is 9.84 Å². The Morgan fingerprint density at radius 2 is 2.13 bits per heavy atom. The zero-order valence-electron chi connectivity index (χ0n) is 8.43. The number of carboxylic acids is 1. The van der Waals surface area contributed by atoms with E-state index in [4.69, 9.17) is 9.84 Å². The summed E-state index contributed by atoms with van der Waals surface area (Å²) in [6, 6.07) is 9.59. The van der Waals surface area contributed by atoms with Crippen molar-refractivity contribution in [1.82, 2.24) is 0 Å². The average molecular weight is 206 g/mol. The number of carboxylic acid groups (broad SMARTS) is 1. The average Bonchev–Trinajstić information content (AvgIpc) is 2.99. The maximum atomic E-state index is 10.6. The van der Waals surface area contributed by atoms with E-state index in [9.17, 15) is 4.79 Å². The van der Waals surface area contributed by atoms with Gasteiger partial charge in [-0.3, -0.25) is 4.79 Å². The Labute approximate surface area is 88.7 Å². The number of para-hydroxylation sites is 1. The van der Waals surface area contributed by atoms with Crippen molar-refractivity contribution in [3.8, 4) is 5.75 Å². The molecule has 0 spiro atoms. The molecule has 15 heavy (non-hydrogen) atoms. The zero-order valence-corrected chi connectivity index (χ0v) is 8.43. The van der Waals surface area contributed by atoms with Crippen molar-refractivity contribution in [3.05, 3.63) is 30.3 Å². The predicted octanol–water partition coefficient (Wildman–Crippen LogP) is 2.18. The third kappa shape index (κ3) is 2.72. The summed E-state index contributed by atoms with van der Waals surface area (Å²) < 4.78 is 5.49. The summed E-state index contributed by atoms with van der Waals surface area (Å²) in [7, 11) is 0. The fourth-order valence-corrected chi connectivity index (χ4v) is 1.71. The van der Waals surface area contributed by atoms with Crippen LogP contribution in [-0.2, 0) is 4.79 Å². The summed E-state index contributed by atoms with van der Waals surface area (Å²) in [5.74, 6) is 0.389. The van der Waals surface area contributed by atoms with Gasteiger partial charge in [0.05, 0.1) is 12.5 Å². The Hall–Kier alpha value is -1.51. The number of hydrogen-bond donors (Lipinski definition) is 1. The van der Waals surface area contributed by atoms with Gasteiger partial charge in [-0.2, -0.15) is 0 Å². The van der Waals surface area contributed by atoms with Crippen LogP contribution in [0.4, 0.5) is 0 Å². The lowest BCUT2D eigenvalue weighted by molar-refractivity contribution is -0.138. The molecule has 2 atom stereocenters. The minimum Gasteiger partial charge on any atom is -0.494 e. The van der Waals surface area contributed by atoms with Crippen molar-refractivity contribution in [2.24, 2.45) is 11.8 Å². The molecule has 1 aliphatic rings. The van der Waals surface area contributed by atoms with Crippen LogP contribution in [0.2, 0.25) is 0 Å². The van der Waals surface area contributed by atoms with Gasteiger partial charge in [-0.15, -0.1) is 0 Å². The number of aliphatic carboxylic acids is 1. The summed E-state index contributed by atoms with van der Waals surface area (Å²) in [6.07, 6.45) is 1.65. The van der Waals surface area contributed by atoms with Crippen LogP contribution in [-0.4, -0.2) is 17.7 Å². The lowest BCUT2D eigenvalue weighted by atomic mass is 10.2. The van der Waals surface area contributed by atoms with E-state index in [1.54, 1.807) is 0 Å². The smallest absolute Gasteiger partial charge is 0.306 e. The van der Waals surface area contributed by atoms with Crippen molar-refractivity contribution in [2.75, 3.05) is 6.61 Å². The molecule has 1 aromatic rings. The Morgan fingerprint density at radius 3 is 2.73 bits per heavy atom. The number of hydrogen-bond acceptors (Lipinski definition) is 2. The first-order valence-electron chi connectivity index (χ1n) is 5.18. The predicted molar refractivity (Wildman–Crippen MR) is 55.8 cm³/mol. The molecule has 0 radical (unpaired) electrons. The quantitative estimate of drug-likeness (QED) is 0.803. The molecule has 3 heteroatoms. The minimum absolute atomic E-state index is 0.121. The first-order valence-corrected chi connectivity index (χ1v) is 5.18. The van der Waals surface area contributed by atoms with Gasteiger partial charge in [0.15, 0.2) is 0 Å². The fourth-order valence-electron chi connectivity index (χ4n) is 1.71. The van der Waals surface area contributed by atoms with Gasteiger partial charge in [0.25, 0.3) is 0 Å². The zero-order chi connectivity index (χ0) is 10.7. The fraction of sp³-hybridized carbons (Fsp3) is 0.417. The largest absolute Gasteiger partial charge is 0.494 e. The summed E-state index contributed by atoms with van der Waals surface area (Å²) in [5, 5.41) is 8.70. The van der Waals surface area contributed by atoms with Crippen LogP contribution >= 0.6 is 0 Å². The van der Waals surface area contributed by atoms with Gasteiger partial charge in [-0.25, -0.2) is 0 Å². The maximum absolute atomic E-state index is 10.6. The molecule has 1 N–H and O–H groups in total. The standard InChI is InChI=1S/C12H14O3/c13-12(14)11-8-9(11)6-7-15-10-4-2-1-3-5-10/h1-5,9,11H,6-8H2,(H,13,14). The van der Waals surface area contributed by atoms with Crippen LogP contribution in [0.3, 0.4) is 0 Å². The molecule has 0 amide bonds. The van der Waals surface area contributed by atoms with Crippen LogP contribution in [0.5, 0.6) is 5.75 Å². The number of ether oxygens (including phenoxy) is 1. The second-order valence-electron chi connectivity index (χ2n) is 3.89. The molecule has 2 unspecified atom stereocenters. The molecule has 1 fully saturated rings. The Bertz CT molecular complexity index is 334. The number of rotatable bonds is 5. The van der Waals surface area contributed by atoms with Crippen LogP contribution in [0, 0.1) is 11.8 Å². The third-order valence-electron chi connectivity index (χ3n) is 2.74. The van der Waals surface area contributed by atoms with Crippen molar-refractivity contribution < 1.29 is 14.6 Å². The SMILES string of the molecule is O=C(O)C1CC1CCOc1ccccc1. The van der Waals surface area contributed by atoms with E-state index in [1.807, 2.05) is 30.3 Å². The van der Waals surface area contributed by atoms with E-state index in [0.29, 0.717) is 12.5 Å². The summed E-state index contributed by atoms with van der Waals surface area (Å²) in [5.41, 5.74) is 0. The van der Waals surface area contributed by atoms with Crippen molar-refractivity contribution in [3.63, 3.8) is 0 Å². The van der Waals surface area contributed by atoms with Crippen molar-refractivity contribution in [1.29, 1.82) is 0 Å². The molecule has 0 saturated heterocycles. The lowest BCUT2D eigenvalue weighted by Crippen LogP contribution is -2.03. The van der Waals surface area contributed by atoms with Gasteiger partial charge in [0, 0.05) is 0 Å². The molecule has 0 heterocycles. The van der Waals surface area contributed by atoms with Gasteiger partial charge in [0.2, 0.25) is 0 Å². The highest BCUT2D eigenvalue weighted by atomic mass is 16.5. The highest BCUT2D eigenvalue weighted by Crippen LogP contribution is 2.41. The summed E-state index contributed by atoms with van der Waals surface area (Å²) in [4.78, 5) is 10.6. The number of carbonyl (C=O) groups is 1. The number of benzene rings is 1. The van der Waals surface area contributed by atoms with Gasteiger partial charge in [0.1, 0.15) is 5.75 Å². The molecular formula is C12H14O3. The first kappa shape index (κ1) is 10.0. The lowest BCUT2D eigenvalue weighted by Gasteiger charge is -2.04. The maximum Gasteiger partial charge on any atom is 0.306 e. The topological polar surface area (TPSA) is 46.5 Å². The second-order valence-corrected chi connectivity index (χ2v) is 3.89. The molecule has 0 aliphatic heterocycles. The monoisotopic (exact) mass is 206 g/mol. The van der Waals surface area contributed by atoms with Crippen LogP contribution < -0.4 is 4.74 Å². The van der Waals surface area contributed by atoms with Gasteiger partial charge in [-0.1, -0.05) is 18.2 Å². The highest BCUT2D eigenvalue weighted by molar-refractivity contribution is 5.73. The van der Waals surface area contributed by atoms with E-state index < -0.39 is 5.97 Å². The van der Waals surface area contributed by atoms with Crippen molar-refractivity contribution in [2.45, 2.75) is 12.8 Å². The molecule has 1 saturated carbocycles. The van der Waals surface area contributed by atoms with E-state index in [1.165, 1.54) is 0 Å². The van der Waals surface area contributed by atoms with Crippen molar-refractivity contribution >= 4 is 5.97 Å². The molecule has 2 rings (SSSR count). The third-order valence-corrected chi connectivity index (χ3v) is 2.74. The summed E-state index contributed by atoms with van der Waals surface area (Å²) in [6.45, 7) is 0.610. The molecule has 80 valence electrons. The van der Waals surface area contributed by atoms with Crippen LogP contribution in [0.25, 0.3) is 0 Å². The summed E-state index contributed by atoms with van der Waals surface area (Å²) >= 11 is 0. The van der Waals surface area contributed by atoms with E-state index in [2.05, 4.69) is 0 Å². The highest BCUT2D eigenvalue weighted by Gasteiger charge is 2.42. The Kier molecular flexibility index (Phi) is 2.90. The Balaban J connectivity index is 1.67. The van der Waals surface area contributed by atoms with E-state index >= 15 is 0 Å². The molecule has 1 aromatic carbocycles. The van der Waals surface area contributed by atoms with Gasteiger partial charge in [-0.05, 0) is 30.9 Å². The van der Waals surface area contributed by atoms with Crippen LogP contribution in [0.15, 0.2) is 30.3 Å².